The highest BCUT2D eigenvalue weighted by Crippen LogP contribution is 2.34. The highest BCUT2D eigenvalue weighted by Gasteiger charge is 2.32. The molecule has 1 atom stereocenters. The van der Waals surface area contributed by atoms with Gasteiger partial charge in [0.2, 0.25) is 5.95 Å². The minimum atomic E-state index is -0.152. The summed E-state index contributed by atoms with van der Waals surface area (Å²) in [5.41, 5.74) is 1.27. The van der Waals surface area contributed by atoms with Crippen LogP contribution in [0.3, 0.4) is 0 Å². The number of fused-ring (bicyclic) bond motifs is 1. The van der Waals surface area contributed by atoms with Crippen LogP contribution < -0.4 is 10.2 Å². The third kappa shape index (κ3) is 3.86. The zero-order valence-corrected chi connectivity index (χ0v) is 17.1. The Morgan fingerprint density at radius 2 is 2.03 bits per heavy atom. The molecule has 1 amide bonds. The number of carbonyl (C=O) groups excluding carboxylic acids is 1. The second-order valence-corrected chi connectivity index (χ2v) is 7.58. The van der Waals surface area contributed by atoms with Gasteiger partial charge < -0.3 is 19.2 Å². The van der Waals surface area contributed by atoms with Crippen molar-refractivity contribution in [2.75, 3.05) is 18.0 Å². The standard InChI is InChI=1S/C22H24N8O/c31-21(24-10-5-12-28-15-11-23-16-28)19-17-6-1-2-13-29(17)20(27-19)18-7-3-14-30(18)22-25-8-4-9-26-22/h1-2,4,6,8-9,11,13,15-16,18H,3,5,7,10,12,14H2,(H,24,31)/t18-/m1/s1. The van der Waals surface area contributed by atoms with Gasteiger partial charge in [0.05, 0.1) is 17.9 Å². The van der Waals surface area contributed by atoms with Crippen molar-refractivity contribution in [2.24, 2.45) is 0 Å². The number of rotatable bonds is 7. The van der Waals surface area contributed by atoms with Gasteiger partial charge in [-0.1, -0.05) is 6.07 Å². The third-order valence-corrected chi connectivity index (χ3v) is 5.59. The number of aryl methyl sites for hydroxylation is 1. The van der Waals surface area contributed by atoms with Crippen molar-refractivity contribution in [1.29, 1.82) is 0 Å². The smallest absolute Gasteiger partial charge is 0.272 e. The summed E-state index contributed by atoms with van der Waals surface area (Å²) in [6.45, 7) is 2.25. The van der Waals surface area contributed by atoms with Gasteiger partial charge in [-0.2, -0.15) is 0 Å². The van der Waals surface area contributed by atoms with E-state index in [-0.39, 0.29) is 11.9 Å². The Hall–Kier alpha value is -3.75. The number of anilines is 1. The summed E-state index contributed by atoms with van der Waals surface area (Å²) in [5.74, 6) is 1.40. The molecule has 1 aliphatic heterocycles. The van der Waals surface area contributed by atoms with Crippen LogP contribution in [0.5, 0.6) is 0 Å². The van der Waals surface area contributed by atoms with Crippen LogP contribution in [-0.4, -0.2) is 47.9 Å². The van der Waals surface area contributed by atoms with Crippen molar-refractivity contribution >= 4 is 17.4 Å². The molecule has 5 heterocycles. The normalized spacial score (nSPS) is 16.1. The van der Waals surface area contributed by atoms with Gasteiger partial charge in [0.1, 0.15) is 5.82 Å². The molecule has 4 aromatic rings. The zero-order chi connectivity index (χ0) is 21.0. The summed E-state index contributed by atoms with van der Waals surface area (Å²) in [4.78, 5) is 32.8. The molecular formula is C22H24N8O. The lowest BCUT2D eigenvalue weighted by Gasteiger charge is -2.23. The summed E-state index contributed by atoms with van der Waals surface area (Å²) in [5, 5.41) is 3.01. The van der Waals surface area contributed by atoms with Gasteiger partial charge in [0.15, 0.2) is 5.69 Å². The molecule has 9 nitrogen and oxygen atoms in total. The van der Waals surface area contributed by atoms with Crippen LogP contribution in [0.1, 0.15) is 41.6 Å². The second kappa shape index (κ2) is 8.55. The topological polar surface area (TPSA) is 93.2 Å². The maximum absolute atomic E-state index is 13.0. The molecular weight excluding hydrogens is 392 g/mol. The predicted octanol–water partition coefficient (Wildman–Crippen LogP) is 2.48. The Labute approximate surface area is 179 Å². The van der Waals surface area contributed by atoms with E-state index in [2.05, 4.69) is 25.2 Å². The van der Waals surface area contributed by atoms with E-state index in [1.165, 1.54) is 0 Å². The van der Waals surface area contributed by atoms with Crippen LogP contribution in [0.25, 0.3) is 5.52 Å². The highest BCUT2D eigenvalue weighted by atomic mass is 16.1. The molecule has 0 spiro atoms. The number of carbonyl (C=O) groups is 1. The summed E-state index contributed by atoms with van der Waals surface area (Å²) in [7, 11) is 0. The monoisotopic (exact) mass is 416 g/mol. The molecule has 1 aliphatic rings. The van der Waals surface area contributed by atoms with E-state index < -0.39 is 0 Å². The number of pyridine rings is 1. The van der Waals surface area contributed by atoms with Gasteiger partial charge in [-0.3, -0.25) is 4.79 Å². The van der Waals surface area contributed by atoms with Crippen LogP contribution in [-0.2, 0) is 6.54 Å². The summed E-state index contributed by atoms with van der Waals surface area (Å²) in [6.07, 6.45) is 13.7. The Kier molecular flexibility index (Phi) is 5.30. The van der Waals surface area contributed by atoms with E-state index >= 15 is 0 Å². The van der Waals surface area contributed by atoms with E-state index in [9.17, 15) is 4.79 Å². The van der Waals surface area contributed by atoms with Gasteiger partial charge in [0, 0.05) is 50.6 Å². The Balaban J connectivity index is 1.37. The third-order valence-electron chi connectivity index (χ3n) is 5.59. The Morgan fingerprint density at radius 1 is 1.13 bits per heavy atom. The molecule has 1 fully saturated rings. The van der Waals surface area contributed by atoms with Gasteiger partial charge in [-0.25, -0.2) is 19.9 Å². The van der Waals surface area contributed by atoms with E-state index in [0.29, 0.717) is 18.2 Å². The van der Waals surface area contributed by atoms with Crippen LogP contribution in [0.4, 0.5) is 5.95 Å². The number of amides is 1. The average molecular weight is 416 g/mol. The van der Waals surface area contributed by atoms with Gasteiger partial charge in [0.25, 0.3) is 5.91 Å². The zero-order valence-electron chi connectivity index (χ0n) is 17.1. The SMILES string of the molecule is O=C(NCCCn1ccnc1)c1nc([C@H]2CCCN2c2ncccn2)n2ccccc12. The first kappa shape index (κ1) is 19.2. The van der Waals surface area contributed by atoms with Crippen molar-refractivity contribution in [2.45, 2.75) is 31.8 Å². The lowest BCUT2D eigenvalue weighted by Crippen LogP contribution is -2.27. The van der Waals surface area contributed by atoms with Crippen LogP contribution in [0.2, 0.25) is 0 Å². The maximum Gasteiger partial charge on any atom is 0.272 e. The van der Waals surface area contributed by atoms with E-state index in [1.54, 1.807) is 24.9 Å². The molecule has 5 rings (SSSR count). The first-order valence-corrected chi connectivity index (χ1v) is 10.6. The molecule has 31 heavy (non-hydrogen) atoms. The Bertz CT molecular complexity index is 1150. The van der Waals surface area contributed by atoms with Gasteiger partial charge >= 0.3 is 0 Å². The molecule has 0 radical (unpaired) electrons. The number of nitrogens with one attached hydrogen (secondary N) is 1. The number of nitrogens with zero attached hydrogens (tertiary/aromatic N) is 7. The molecule has 1 N–H and O–H groups in total. The summed E-state index contributed by atoms with van der Waals surface area (Å²) < 4.78 is 4.02. The molecule has 0 bridgehead atoms. The minimum absolute atomic E-state index is 0.0279. The molecule has 0 aromatic carbocycles. The maximum atomic E-state index is 13.0. The number of imidazole rings is 2. The summed E-state index contributed by atoms with van der Waals surface area (Å²) in [6, 6.07) is 7.68. The van der Waals surface area contributed by atoms with Gasteiger partial charge in [-0.15, -0.1) is 0 Å². The summed E-state index contributed by atoms with van der Waals surface area (Å²) >= 11 is 0. The van der Waals surface area contributed by atoms with Crippen molar-refractivity contribution in [3.05, 3.63) is 73.1 Å². The fourth-order valence-electron chi connectivity index (χ4n) is 4.14. The predicted molar refractivity (Wildman–Crippen MR) is 116 cm³/mol. The van der Waals surface area contributed by atoms with Crippen LogP contribution >= 0.6 is 0 Å². The second-order valence-electron chi connectivity index (χ2n) is 7.58. The minimum Gasteiger partial charge on any atom is -0.351 e. The number of aromatic nitrogens is 6. The molecule has 4 aromatic heterocycles. The molecule has 158 valence electrons. The molecule has 1 saturated heterocycles. The quantitative estimate of drug-likeness (QED) is 0.465. The highest BCUT2D eigenvalue weighted by molar-refractivity contribution is 5.99. The van der Waals surface area contributed by atoms with Crippen molar-refractivity contribution in [3.63, 3.8) is 0 Å². The average Bonchev–Trinajstić information content (AvgIpc) is 3.56. The Morgan fingerprint density at radius 3 is 2.87 bits per heavy atom. The van der Waals surface area contributed by atoms with E-state index in [1.807, 2.05) is 45.6 Å². The molecule has 0 aliphatic carbocycles. The lowest BCUT2D eigenvalue weighted by atomic mass is 10.2. The molecule has 9 heteroatoms. The first-order valence-electron chi connectivity index (χ1n) is 10.6. The van der Waals surface area contributed by atoms with Crippen molar-refractivity contribution in [1.82, 2.24) is 34.2 Å². The van der Waals surface area contributed by atoms with Crippen LogP contribution in [0, 0.1) is 0 Å². The fraction of sp³-hybridized carbons (Fsp3) is 0.318. The number of hydrogen-bond donors (Lipinski definition) is 1. The van der Waals surface area contributed by atoms with E-state index in [4.69, 9.17) is 4.98 Å². The van der Waals surface area contributed by atoms with Gasteiger partial charge in [-0.05, 0) is 37.5 Å². The lowest BCUT2D eigenvalue weighted by molar-refractivity contribution is 0.0949. The van der Waals surface area contributed by atoms with E-state index in [0.717, 1.165) is 43.7 Å². The largest absolute Gasteiger partial charge is 0.351 e. The van der Waals surface area contributed by atoms with Crippen molar-refractivity contribution in [3.8, 4) is 0 Å². The van der Waals surface area contributed by atoms with Crippen molar-refractivity contribution < 1.29 is 4.79 Å². The first-order chi connectivity index (χ1) is 15.3. The fourth-order valence-corrected chi connectivity index (χ4v) is 4.14. The number of hydrogen-bond acceptors (Lipinski definition) is 6. The van der Waals surface area contributed by atoms with Crippen LogP contribution in [0.15, 0.2) is 61.6 Å². The molecule has 0 unspecified atom stereocenters. The molecule has 0 saturated carbocycles.